The predicted octanol–water partition coefficient (Wildman–Crippen LogP) is 2.47. The van der Waals surface area contributed by atoms with E-state index in [1.54, 1.807) is 27.4 Å². The summed E-state index contributed by atoms with van der Waals surface area (Å²) in [4.78, 5) is 16.8. The van der Waals surface area contributed by atoms with Crippen LogP contribution < -0.4 is 24.4 Å². The molecule has 7 nitrogen and oxygen atoms in total. The number of carbonyl (C=O) groups is 1. The van der Waals surface area contributed by atoms with Gasteiger partial charge in [-0.3, -0.25) is 4.79 Å². The molecule has 3 rings (SSSR count). The van der Waals surface area contributed by atoms with Gasteiger partial charge in [0.2, 0.25) is 5.91 Å². The smallest absolute Gasteiger partial charge is 0.241 e. The van der Waals surface area contributed by atoms with Crippen LogP contribution in [-0.4, -0.2) is 64.9 Å². The van der Waals surface area contributed by atoms with Crippen LogP contribution in [0.25, 0.3) is 0 Å². The number of rotatable bonds is 7. The van der Waals surface area contributed by atoms with Gasteiger partial charge in [-0.2, -0.15) is 0 Å². The molecule has 2 aromatic carbocycles. The number of nitrogens with one attached hydrogen (secondary N) is 1. The molecule has 2 aromatic rings. The van der Waals surface area contributed by atoms with E-state index in [0.717, 1.165) is 30.2 Å². The predicted molar refractivity (Wildman–Crippen MR) is 110 cm³/mol. The molecule has 0 spiro atoms. The van der Waals surface area contributed by atoms with Gasteiger partial charge in [-0.15, -0.1) is 0 Å². The Kier molecular flexibility index (Phi) is 6.47. The van der Waals surface area contributed by atoms with Gasteiger partial charge in [0.05, 0.1) is 33.6 Å². The lowest BCUT2D eigenvalue weighted by Crippen LogP contribution is -2.50. The molecule has 0 bridgehead atoms. The normalized spacial score (nSPS) is 13.8. The molecule has 0 aliphatic carbocycles. The van der Waals surface area contributed by atoms with Crippen molar-refractivity contribution in [3.63, 3.8) is 0 Å². The van der Waals surface area contributed by atoms with Crippen LogP contribution in [0.15, 0.2) is 42.5 Å². The van der Waals surface area contributed by atoms with Gasteiger partial charge in [0.1, 0.15) is 17.2 Å². The van der Waals surface area contributed by atoms with E-state index in [0.29, 0.717) is 24.6 Å². The van der Waals surface area contributed by atoms with E-state index in [9.17, 15) is 4.79 Å². The number of benzene rings is 2. The summed E-state index contributed by atoms with van der Waals surface area (Å²) in [5.41, 5.74) is 1.92. The van der Waals surface area contributed by atoms with E-state index in [2.05, 4.69) is 10.2 Å². The Morgan fingerprint density at radius 1 is 0.893 bits per heavy atom. The van der Waals surface area contributed by atoms with Gasteiger partial charge in [0, 0.05) is 37.9 Å². The first-order valence-corrected chi connectivity index (χ1v) is 9.27. The fraction of sp³-hybridized carbons (Fsp3) is 0.381. The van der Waals surface area contributed by atoms with Crippen LogP contribution in [0.1, 0.15) is 0 Å². The standard InChI is InChI=1S/C21H27N3O4/c1-26-17-6-4-16(5-7-17)23-10-12-24(13-11-23)21(25)15-22-19-9-8-18(27-2)14-20(19)28-3/h4-9,14,22H,10-13,15H2,1-3H3. The Hall–Kier alpha value is -3.09. The lowest BCUT2D eigenvalue weighted by atomic mass is 10.2. The number of carbonyl (C=O) groups excluding carboxylic acids is 1. The van der Waals surface area contributed by atoms with Crippen LogP contribution in [0.2, 0.25) is 0 Å². The third kappa shape index (κ3) is 4.60. The number of anilines is 2. The molecule has 1 amide bonds. The van der Waals surface area contributed by atoms with Gasteiger partial charge in [0.15, 0.2) is 0 Å². The van der Waals surface area contributed by atoms with Crippen molar-refractivity contribution < 1.29 is 19.0 Å². The SMILES string of the molecule is COc1ccc(N2CCN(C(=O)CNc3ccc(OC)cc3OC)CC2)cc1. The molecule has 1 N–H and O–H groups in total. The summed E-state index contributed by atoms with van der Waals surface area (Å²) in [6, 6.07) is 13.5. The Morgan fingerprint density at radius 2 is 1.54 bits per heavy atom. The molecule has 7 heteroatoms. The van der Waals surface area contributed by atoms with E-state index in [1.807, 2.05) is 41.3 Å². The largest absolute Gasteiger partial charge is 0.497 e. The summed E-state index contributed by atoms with van der Waals surface area (Å²) in [6.07, 6.45) is 0. The molecule has 1 heterocycles. The van der Waals surface area contributed by atoms with Crippen molar-refractivity contribution in [3.8, 4) is 17.2 Å². The molecular formula is C21H27N3O4. The van der Waals surface area contributed by atoms with Crippen molar-refractivity contribution in [3.05, 3.63) is 42.5 Å². The number of methoxy groups -OCH3 is 3. The van der Waals surface area contributed by atoms with Gasteiger partial charge in [-0.25, -0.2) is 0 Å². The Bertz CT molecular complexity index is 787. The lowest BCUT2D eigenvalue weighted by molar-refractivity contribution is -0.129. The molecule has 0 radical (unpaired) electrons. The first-order valence-electron chi connectivity index (χ1n) is 9.27. The molecule has 0 atom stereocenters. The van der Waals surface area contributed by atoms with Crippen molar-refractivity contribution in [2.75, 3.05) is 64.3 Å². The molecule has 1 fully saturated rings. The Labute approximate surface area is 165 Å². The number of piperazine rings is 1. The highest BCUT2D eigenvalue weighted by molar-refractivity contribution is 5.82. The average molecular weight is 385 g/mol. The summed E-state index contributed by atoms with van der Waals surface area (Å²) >= 11 is 0. The zero-order valence-corrected chi connectivity index (χ0v) is 16.6. The summed E-state index contributed by atoms with van der Waals surface area (Å²) in [7, 11) is 4.87. The van der Waals surface area contributed by atoms with Gasteiger partial charge in [-0.05, 0) is 36.4 Å². The Morgan fingerprint density at radius 3 is 2.14 bits per heavy atom. The summed E-state index contributed by atoms with van der Waals surface area (Å²) in [5, 5.41) is 3.17. The second-order valence-corrected chi connectivity index (χ2v) is 6.49. The van der Waals surface area contributed by atoms with Crippen LogP contribution in [0.5, 0.6) is 17.2 Å². The van der Waals surface area contributed by atoms with Gasteiger partial charge >= 0.3 is 0 Å². The summed E-state index contributed by atoms with van der Waals surface area (Å²) in [6.45, 7) is 3.25. The highest BCUT2D eigenvalue weighted by Gasteiger charge is 2.21. The molecule has 0 saturated carbocycles. The number of hydrogen-bond donors (Lipinski definition) is 1. The highest BCUT2D eigenvalue weighted by atomic mass is 16.5. The van der Waals surface area contributed by atoms with Crippen LogP contribution in [0.4, 0.5) is 11.4 Å². The molecule has 0 aromatic heterocycles. The molecule has 1 aliphatic rings. The molecule has 28 heavy (non-hydrogen) atoms. The average Bonchev–Trinajstić information content (AvgIpc) is 2.77. The van der Waals surface area contributed by atoms with Gasteiger partial charge < -0.3 is 29.3 Å². The van der Waals surface area contributed by atoms with E-state index >= 15 is 0 Å². The van der Waals surface area contributed by atoms with Crippen LogP contribution in [0, 0.1) is 0 Å². The first kappa shape index (κ1) is 19.7. The highest BCUT2D eigenvalue weighted by Crippen LogP contribution is 2.29. The van der Waals surface area contributed by atoms with Crippen molar-refractivity contribution in [2.45, 2.75) is 0 Å². The minimum atomic E-state index is 0.0762. The monoisotopic (exact) mass is 385 g/mol. The van der Waals surface area contributed by atoms with Crippen molar-refractivity contribution in [1.82, 2.24) is 4.90 Å². The van der Waals surface area contributed by atoms with E-state index in [1.165, 1.54) is 0 Å². The van der Waals surface area contributed by atoms with E-state index in [4.69, 9.17) is 14.2 Å². The number of hydrogen-bond acceptors (Lipinski definition) is 6. The second-order valence-electron chi connectivity index (χ2n) is 6.49. The fourth-order valence-electron chi connectivity index (χ4n) is 3.23. The summed E-state index contributed by atoms with van der Waals surface area (Å²) < 4.78 is 15.8. The minimum absolute atomic E-state index is 0.0762. The van der Waals surface area contributed by atoms with Gasteiger partial charge in [0.25, 0.3) is 0 Å². The number of amides is 1. The zero-order chi connectivity index (χ0) is 19.9. The summed E-state index contributed by atoms with van der Waals surface area (Å²) in [5.74, 6) is 2.28. The topological polar surface area (TPSA) is 63.3 Å². The van der Waals surface area contributed by atoms with E-state index < -0.39 is 0 Å². The van der Waals surface area contributed by atoms with Crippen molar-refractivity contribution in [2.24, 2.45) is 0 Å². The van der Waals surface area contributed by atoms with E-state index in [-0.39, 0.29) is 12.5 Å². The van der Waals surface area contributed by atoms with Crippen LogP contribution >= 0.6 is 0 Å². The molecule has 150 valence electrons. The van der Waals surface area contributed by atoms with Crippen molar-refractivity contribution >= 4 is 17.3 Å². The third-order valence-electron chi connectivity index (χ3n) is 4.91. The lowest BCUT2D eigenvalue weighted by Gasteiger charge is -2.36. The second kappa shape index (κ2) is 9.21. The molecule has 1 aliphatic heterocycles. The fourth-order valence-corrected chi connectivity index (χ4v) is 3.23. The maximum atomic E-state index is 12.6. The van der Waals surface area contributed by atoms with Crippen LogP contribution in [0.3, 0.4) is 0 Å². The third-order valence-corrected chi connectivity index (χ3v) is 4.91. The number of nitrogens with zero attached hydrogens (tertiary/aromatic N) is 2. The Balaban J connectivity index is 1.51. The minimum Gasteiger partial charge on any atom is -0.497 e. The van der Waals surface area contributed by atoms with Crippen LogP contribution in [-0.2, 0) is 4.79 Å². The maximum absolute atomic E-state index is 12.6. The maximum Gasteiger partial charge on any atom is 0.241 e. The molecular weight excluding hydrogens is 358 g/mol. The van der Waals surface area contributed by atoms with Gasteiger partial charge in [-0.1, -0.05) is 0 Å². The number of ether oxygens (including phenoxy) is 3. The molecule has 0 unspecified atom stereocenters. The van der Waals surface area contributed by atoms with Crippen molar-refractivity contribution in [1.29, 1.82) is 0 Å². The quantitative estimate of drug-likeness (QED) is 0.790. The first-order chi connectivity index (χ1) is 13.6. The molecule has 1 saturated heterocycles. The zero-order valence-electron chi connectivity index (χ0n) is 16.6.